The number of rotatable bonds is 4. The van der Waals surface area contributed by atoms with Gasteiger partial charge < -0.3 is 16.0 Å². The van der Waals surface area contributed by atoms with Gasteiger partial charge in [0.25, 0.3) is 0 Å². The van der Waals surface area contributed by atoms with Crippen LogP contribution in [0.25, 0.3) is 0 Å². The molecule has 1 aromatic heterocycles. The van der Waals surface area contributed by atoms with Crippen LogP contribution in [0, 0.1) is 0 Å². The predicted molar refractivity (Wildman–Crippen MR) is 106 cm³/mol. The molecule has 1 amide bonds. The molecule has 1 fully saturated rings. The molecule has 0 bridgehead atoms. The second-order valence-corrected chi connectivity index (χ2v) is 7.11. The number of anilines is 2. The summed E-state index contributed by atoms with van der Waals surface area (Å²) >= 11 is 12.0. The number of nitrogens with zero attached hydrogens (tertiary/aromatic N) is 3. The smallest absolute Gasteiger partial charge is 0.233 e. The van der Waals surface area contributed by atoms with Gasteiger partial charge in [0.15, 0.2) is 5.82 Å². The number of benzene rings is 1. The number of halogens is 2. The van der Waals surface area contributed by atoms with Crippen molar-refractivity contribution in [1.29, 1.82) is 0 Å². The minimum Gasteiger partial charge on any atom is -0.396 e. The van der Waals surface area contributed by atoms with E-state index in [0.29, 0.717) is 41.2 Å². The summed E-state index contributed by atoms with van der Waals surface area (Å²) in [5.74, 6) is 0.700. The van der Waals surface area contributed by atoms with Crippen molar-refractivity contribution in [3.63, 3.8) is 0 Å². The molecule has 1 aliphatic rings. The monoisotopic (exact) mass is 393 g/mol. The van der Waals surface area contributed by atoms with Gasteiger partial charge in [0, 0.05) is 37.9 Å². The summed E-state index contributed by atoms with van der Waals surface area (Å²) in [4.78, 5) is 20.5. The highest BCUT2D eigenvalue weighted by Crippen LogP contribution is 2.34. The quantitative estimate of drug-likeness (QED) is 0.834. The van der Waals surface area contributed by atoms with Gasteiger partial charge in [-0.05, 0) is 23.8 Å². The van der Waals surface area contributed by atoms with Gasteiger partial charge in [0.05, 0.1) is 23.3 Å². The van der Waals surface area contributed by atoms with Gasteiger partial charge in [-0.15, -0.1) is 0 Å². The van der Waals surface area contributed by atoms with Crippen LogP contribution in [-0.2, 0) is 4.79 Å². The third kappa shape index (κ3) is 4.20. The standard InChI is InChI=1S/C18H21Cl2N5O/c1-22-17(26)11-24-6-7-25(18-15(21)8-14(20)9-23-18)16(10-24)12-2-4-13(19)5-3-12/h2-5,8-9,16H,6-7,10-11,21H2,1H3,(H,22,26). The van der Waals surface area contributed by atoms with E-state index in [1.165, 1.54) is 0 Å². The zero-order valence-corrected chi connectivity index (χ0v) is 16.0. The third-order valence-electron chi connectivity index (χ3n) is 4.50. The van der Waals surface area contributed by atoms with Crippen LogP contribution in [-0.4, -0.2) is 49.0 Å². The predicted octanol–water partition coefficient (Wildman–Crippen LogP) is 2.58. The zero-order valence-electron chi connectivity index (χ0n) is 14.5. The molecule has 2 aromatic rings. The number of carbonyl (C=O) groups is 1. The summed E-state index contributed by atoms with van der Waals surface area (Å²) in [5.41, 5.74) is 7.79. The van der Waals surface area contributed by atoms with Crippen molar-refractivity contribution < 1.29 is 4.79 Å². The Morgan fingerprint density at radius 3 is 2.65 bits per heavy atom. The Labute approximate surface area is 162 Å². The minimum absolute atomic E-state index is 0.00153. The van der Waals surface area contributed by atoms with Crippen LogP contribution < -0.4 is 16.0 Å². The summed E-state index contributed by atoms with van der Waals surface area (Å²) in [5, 5.41) is 3.86. The minimum atomic E-state index is -0.00237. The number of nitrogens with one attached hydrogen (secondary N) is 1. The van der Waals surface area contributed by atoms with E-state index in [4.69, 9.17) is 28.9 Å². The number of aromatic nitrogens is 1. The summed E-state index contributed by atoms with van der Waals surface area (Å²) in [7, 11) is 1.65. The summed E-state index contributed by atoms with van der Waals surface area (Å²) < 4.78 is 0. The highest BCUT2D eigenvalue weighted by atomic mass is 35.5. The van der Waals surface area contributed by atoms with Crippen molar-refractivity contribution in [2.45, 2.75) is 6.04 Å². The summed E-state index contributed by atoms with van der Waals surface area (Å²) in [6.07, 6.45) is 1.60. The number of nitrogens with two attached hydrogens (primary N) is 1. The molecule has 1 aromatic carbocycles. The van der Waals surface area contributed by atoms with E-state index >= 15 is 0 Å². The van der Waals surface area contributed by atoms with E-state index in [2.05, 4.69) is 20.1 Å². The normalized spacial score (nSPS) is 18.0. The first kappa shape index (κ1) is 18.8. The number of likely N-dealkylation sites (N-methyl/N-ethyl adjacent to an activating group) is 1. The molecule has 1 unspecified atom stereocenters. The number of amides is 1. The van der Waals surface area contributed by atoms with Crippen molar-refractivity contribution in [2.75, 3.05) is 43.9 Å². The first-order valence-electron chi connectivity index (χ1n) is 8.34. The van der Waals surface area contributed by atoms with Gasteiger partial charge >= 0.3 is 0 Å². The van der Waals surface area contributed by atoms with Gasteiger partial charge in [-0.1, -0.05) is 35.3 Å². The number of nitrogen functional groups attached to an aromatic ring is 1. The maximum Gasteiger partial charge on any atom is 0.233 e. The average molecular weight is 394 g/mol. The molecule has 1 aliphatic heterocycles. The molecule has 3 rings (SSSR count). The molecule has 1 atom stereocenters. The molecule has 26 heavy (non-hydrogen) atoms. The molecule has 0 spiro atoms. The summed E-state index contributed by atoms with van der Waals surface area (Å²) in [6.45, 7) is 2.47. The lowest BCUT2D eigenvalue weighted by Crippen LogP contribution is -2.51. The van der Waals surface area contributed by atoms with Gasteiger partial charge in [-0.25, -0.2) is 4.98 Å². The second kappa shape index (κ2) is 8.12. The molecular weight excluding hydrogens is 373 g/mol. The van der Waals surface area contributed by atoms with E-state index in [1.54, 1.807) is 19.3 Å². The highest BCUT2D eigenvalue weighted by molar-refractivity contribution is 6.31. The van der Waals surface area contributed by atoms with Crippen molar-refractivity contribution in [1.82, 2.24) is 15.2 Å². The molecule has 0 aliphatic carbocycles. The first-order valence-corrected chi connectivity index (χ1v) is 9.09. The lowest BCUT2D eigenvalue weighted by Gasteiger charge is -2.42. The highest BCUT2D eigenvalue weighted by Gasteiger charge is 2.31. The van der Waals surface area contributed by atoms with E-state index in [9.17, 15) is 4.79 Å². The third-order valence-corrected chi connectivity index (χ3v) is 4.96. The van der Waals surface area contributed by atoms with Crippen LogP contribution in [0.5, 0.6) is 0 Å². The maximum atomic E-state index is 11.8. The molecule has 0 radical (unpaired) electrons. The largest absolute Gasteiger partial charge is 0.396 e. The lowest BCUT2D eigenvalue weighted by molar-refractivity contribution is -0.121. The van der Waals surface area contributed by atoms with E-state index < -0.39 is 0 Å². The van der Waals surface area contributed by atoms with Gasteiger partial charge in [0.2, 0.25) is 5.91 Å². The Morgan fingerprint density at radius 2 is 2.00 bits per heavy atom. The molecule has 6 nitrogen and oxygen atoms in total. The molecule has 2 heterocycles. The Morgan fingerprint density at radius 1 is 1.27 bits per heavy atom. The Bertz CT molecular complexity index is 784. The molecule has 0 saturated carbocycles. The molecule has 1 saturated heterocycles. The van der Waals surface area contributed by atoms with Crippen molar-refractivity contribution in [2.24, 2.45) is 0 Å². The molecule has 8 heteroatoms. The second-order valence-electron chi connectivity index (χ2n) is 6.24. The number of pyridine rings is 1. The van der Waals surface area contributed by atoms with Crippen molar-refractivity contribution in [3.05, 3.63) is 52.1 Å². The van der Waals surface area contributed by atoms with Crippen molar-refractivity contribution in [3.8, 4) is 0 Å². The SMILES string of the molecule is CNC(=O)CN1CCN(c2ncc(Cl)cc2N)C(c2ccc(Cl)cc2)C1. The van der Waals surface area contributed by atoms with Gasteiger partial charge in [-0.2, -0.15) is 0 Å². The fourth-order valence-corrected chi connectivity index (χ4v) is 3.47. The van der Waals surface area contributed by atoms with Gasteiger partial charge in [0.1, 0.15) is 0 Å². The van der Waals surface area contributed by atoms with Crippen LogP contribution in [0.4, 0.5) is 11.5 Å². The molecule has 3 N–H and O–H groups in total. The Hall–Kier alpha value is -2.02. The first-order chi connectivity index (χ1) is 12.5. The van der Waals surface area contributed by atoms with E-state index in [1.807, 2.05) is 24.3 Å². The zero-order chi connectivity index (χ0) is 18.7. The maximum absolute atomic E-state index is 11.8. The topological polar surface area (TPSA) is 74.5 Å². The van der Waals surface area contributed by atoms with Crippen molar-refractivity contribution >= 4 is 40.6 Å². The van der Waals surface area contributed by atoms with Crippen LogP contribution >= 0.6 is 23.2 Å². The van der Waals surface area contributed by atoms with Crippen LogP contribution in [0.3, 0.4) is 0 Å². The van der Waals surface area contributed by atoms with Crippen LogP contribution in [0.15, 0.2) is 36.5 Å². The van der Waals surface area contributed by atoms with Gasteiger partial charge in [-0.3, -0.25) is 9.69 Å². The van der Waals surface area contributed by atoms with E-state index in [0.717, 1.165) is 12.1 Å². The Balaban J connectivity index is 1.91. The lowest BCUT2D eigenvalue weighted by atomic mass is 10.0. The van der Waals surface area contributed by atoms with E-state index in [-0.39, 0.29) is 11.9 Å². The fraction of sp³-hybridized carbons (Fsp3) is 0.333. The number of hydrogen-bond acceptors (Lipinski definition) is 5. The average Bonchev–Trinajstić information content (AvgIpc) is 2.63. The number of piperazine rings is 1. The Kier molecular flexibility index (Phi) is 5.86. The number of hydrogen-bond donors (Lipinski definition) is 2. The fourth-order valence-electron chi connectivity index (χ4n) is 3.18. The van der Waals surface area contributed by atoms with Crippen LogP contribution in [0.1, 0.15) is 11.6 Å². The summed E-state index contributed by atoms with van der Waals surface area (Å²) in [6, 6.07) is 9.43. The number of carbonyl (C=O) groups excluding carboxylic acids is 1. The molecular formula is C18H21Cl2N5O. The molecule has 138 valence electrons. The van der Waals surface area contributed by atoms with Crippen LogP contribution in [0.2, 0.25) is 10.0 Å².